The van der Waals surface area contributed by atoms with Gasteiger partial charge in [-0.1, -0.05) is 40.2 Å². The third-order valence-corrected chi connectivity index (χ3v) is 3.84. The van der Waals surface area contributed by atoms with E-state index in [2.05, 4.69) is 63.3 Å². The number of nitrogens with zero attached hydrogens (tertiary/aromatic N) is 1. The van der Waals surface area contributed by atoms with Crippen molar-refractivity contribution in [2.45, 2.75) is 19.6 Å². The minimum atomic E-state index is 0.577. The van der Waals surface area contributed by atoms with Gasteiger partial charge in [0.2, 0.25) is 0 Å². The largest absolute Gasteiger partial charge is 0.363 e. The summed E-state index contributed by atoms with van der Waals surface area (Å²) < 4.78 is 1.09. The van der Waals surface area contributed by atoms with E-state index in [0.29, 0.717) is 6.54 Å². The van der Waals surface area contributed by atoms with Crippen LogP contribution in [0.5, 0.6) is 0 Å². The topological polar surface area (TPSA) is 29.3 Å². The standard InChI is InChI=1S/C15H15BrN2/c16-14-5-11(8-17)6-15(7-14)18-9-12-3-1-2-4-13(12)10-18/h1-7H,8-10,17H2. The van der Waals surface area contributed by atoms with Crippen molar-refractivity contribution in [2.75, 3.05) is 4.90 Å². The smallest absolute Gasteiger partial charge is 0.0436 e. The SMILES string of the molecule is NCc1cc(Br)cc(N2Cc3ccccc3C2)c1. The minimum absolute atomic E-state index is 0.577. The molecule has 2 aromatic carbocycles. The van der Waals surface area contributed by atoms with Crippen LogP contribution in [0.4, 0.5) is 5.69 Å². The Bertz CT molecular complexity index is 555. The fraction of sp³-hybridized carbons (Fsp3) is 0.200. The van der Waals surface area contributed by atoms with E-state index in [9.17, 15) is 0 Å². The molecule has 1 aliphatic heterocycles. The maximum Gasteiger partial charge on any atom is 0.0436 e. The molecule has 0 unspecified atom stereocenters. The van der Waals surface area contributed by atoms with Crippen molar-refractivity contribution in [3.8, 4) is 0 Å². The number of hydrogen-bond acceptors (Lipinski definition) is 2. The highest BCUT2D eigenvalue weighted by molar-refractivity contribution is 9.10. The molecule has 0 spiro atoms. The van der Waals surface area contributed by atoms with Crippen LogP contribution in [0.25, 0.3) is 0 Å². The summed E-state index contributed by atoms with van der Waals surface area (Å²) in [4.78, 5) is 2.38. The Kier molecular flexibility index (Phi) is 3.10. The number of benzene rings is 2. The zero-order valence-electron chi connectivity index (χ0n) is 10.1. The van der Waals surface area contributed by atoms with Gasteiger partial charge in [-0.05, 0) is 34.9 Å². The van der Waals surface area contributed by atoms with E-state index >= 15 is 0 Å². The van der Waals surface area contributed by atoms with Crippen molar-refractivity contribution in [3.05, 3.63) is 63.6 Å². The number of halogens is 1. The van der Waals surface area contributed by atoms with E-state index in [0.717, 1.165) is 23.1 Å². The van der Waals surface area contributed by atoms with E-state index in [1.54, 1.807) is 0 Å². The van der Waals surface area contributed by atoms with Gasteiger partial charge in [-0.15, -0.1) is 0 Å². The first kappa shape index (κ1) is 11.8. The summed E-state index contributed by atoms with van der Waals surface area (Å²) >= 11 is 3.55. The zero-order chi connectivity index (χ0) is 12.5. The molecule has 2 aromatic rings. The molecule has 3 rings (SSSR count). The lowest BCUT2D eigenvalue weighted by Gasteiger charge is -2.19. The normalized spacial score (nSPS) is 13.8. The molecule has 1 heterocycles. The highest BCUT2D eigenvalue weighted by atomic mass is 79.9. The molecule has 0 saturated carbocycles. The van der Waals surface area contributed by atoms with Crippen LogP contribution in [0.1, 0.15) is 16.7 Å². The van der Waals surface area contributed by atoms with Crippen molar-refractivity contribution >= 4 is 21.6 Å². The number of hydrogen-bond donors (Lipinski definition) is 1. The van der Waals surface area contributed by atoms with E-state index in [-0.39, 0.29) is 0 Å². The zero-order valence-corrected chi connectivity index (χ0v) is 11.7. The Balaban J connectivity index is 1.92. The molecule has 18 heavy (non-hydrogen) atoms. The number of fused-ring (bicyclic) bond motifs is 1. The van der Waals surface area contributed by atoms with Gasteiger partial charge < -0.3 is 10.6 Å². The van der Waals surface area contributed by atoms with Crippen molar-refractivity contribution in [2.24, 2.45) is 5.73 Å². The van der Waals surface area contributed by atoms with Gasteiger partial charge in [0.05, 0.1) is 0 Å². The van der Waals surface area contributed by atoms with Crippen LogP contribution in [0.2, 0.25) is 0 Å². The van der Waals surface area contributed by atoms with Crippen LogP contribution in [0.3, 0.4) is 0 Å². The monoisotopic (exact) mass is 302 g/mol. The average Bonchev–Trinajstić information content (AvgIpc) is 2.81. The maximum absolute atomic E-state index is 5.73. The van der Waals surface area contributed by atoms with E-state index in [1.807, 2.05) is 0 Å². The van der Waals surface area contributed by atoms with Crippen molar-refractivity contribution in [1.29, 1.82) is 0 Å². The number of nitrogens with two attached hydrogens (primary N) is 1. The second-order valence-corrected chi connectivity index (χ2v) is 5.56. The summed E-state index contributed by atoms with van der Waals surface area (Å²) in [6.45, 7) is 2.54. The van der Waals surface area contributed by atoms with Gasteiger partial charge in [-0.25, -0.2) is 0 Å². The van der Waals surface area contributed by atoms with Crippen molar-refractivity contribution < 1.29 is 0 Å². The first-order chi connectivity index (χ1) is 8.76. The Morgan fingerprint density at radius 3 is 2.33 bits per heavy atom. The Hall–Kier alpha value is -1.32. The third-order valence-electron chi connectivity index (χ3n) is 3.38. The minimum Gasteiger partial charge on any atom is -0.363 e. The summed E-state index contributed by atoms with van der Waals surface area (Å²) in [7, 11) is 0. The lowest BCUT2D eigenvalue weighted by molar-refractivity contribution is 0.877. The lowest BCUT2D eigenvalue weighted by atomic mass is 10.1. The van der Waals surface area contributed by atoms with Crippen LogP contribution in [-0.2, 0) is 19.6 Å². The van der Waals surface area contributed by atoms with E-state index in [4.69, 9.17) is 5.73 Å². The van der Waals surface area contributed by atoms with Crippen LogP contribution in [-0.4, -0.2) is 0 Å². The fourth-order valence-corrected chi connectivity index (χ4v) is 2.98. The van der Waals surface area contributed by atoms with Gasteiger partial charge in [0, 0.05) is 29.8 Å². The Morgan fingerprint density at radius 2 is 1.72 bits per heavy atom. The first-order valence-corrected chi connectivity index (χ1v) is 6.87. The molecule has 0 saturated heterocycles. The van der Waals surface area contributed by atoms with Gasteiger partial charge in [0.15, 0.2) is 0 Å². The summed E-state index contributed by atoms with van der Waals surface area (Å²) in [5, 5.41) is 0. The molecule has 0 amide bonds. The molecule has 0 aromatic heterocycles. The van der Waals surface area contributed by atoms with Crippen LogP contribution >= 0.6 is 15.9 Å². The van der Waals surface area contributed by atoms with E-state index < -0.39 is 0 Å². The highest BCUT2D eigenvalue weighted by Crippen LogP contribution is 2.30. The van der Waals surface area contributed by atoms with Gasteiger partial charge >= 0.3 is 0 Å². The molecular formula is C15H15BrN2. The van der Waals surface area contributed by atoms with Crippen molar-refractivity contribution in [1.82, 2.24) is 0 Å². The Labute approximate surface area is 116 Å². The molecule has 3 heteroatoms. The van der Waals surface area contributed by atoms with E-state index in [1.165, 1.54) is 16.8 Å². The number of anilines is 1. The molecule has 1 aliphatic rings. The van der Waals surface area contributed by atoms with Crippen LogP contribution < -0.4 is 10.6 Å². The highest BCUT2D eigenvalue weighted by Gasteiger charge is 2.18. The quantitative estimate of drug-likeness (QED) is 0.921. The molecule has 0 bridgehead atoms. The maximum atomic E-state index is 5.73. The van der Waals surface area contributed by atoms with Gasteiger partial charge in [-0.2, -0.15) is 0 Å². The average molecular weight is 303 g/mol. The Morgan fingerprint density at radius 1 is 1.06 bits per heavy atom. The first-order valence-electron chi connectivity index (χ1n) is 6.07. The van der Waals surface area contributed by atoms with Crippen LogP contribution in [0, 0.1) is 0 Å². The molecule has 2 N–H and O–H groups in total. The predicted octanol–water partition coefficient (Wildman–Crippen LogP) is 3.43. The molecule has 0 atom stereocenters. The molecule has 0 radical (unpaired) electrons. The molecule has 0 aliphatic carbocycles. The van der Waals surface area contributed by atoms with Gasteiger partial charge in [0.1, 0.15) is 0 Å². The summed E-state index contributed by atoms with van der Waals surface area (Å²) in [6.07, 6.45) is 0. The molecule has 2 nitrogen and oxygen atoms in total. The second kappa shape index (κ2) is 4.75. The fourth-order valence-electron chi connectivity index (χ4n) is 2.45. The summed E-state index contributed by atoms with van der Waals surface area (Å²) in [6, 6.07) is 15.0. The molecule has 0 fully saturated rings. The number of rotatable bonds is 2. The van der Waals surface area contributed by atoms with Crippen molar-refractivity contribution in [3.63, 3.8) is 0 Å². The van der Waals surface area contributed by atoms with Crippen LogP contribution in [0.15, 0.2) is 46.9 Å². The summed E-state index contributed by atoms with van der Waals surface area (Å²) in [5.41, 5.74) is 11.0. The third kappa shape index (κ3) is 2.16. The summed E-state index contributed by atoms with van der Waals surface area (Å²) in [5.74, 6) is 0. The van der Waals surface area contributed by atoms with Gasteiger partial charge in [0.25, 0.3) is 0 Å². The molecular weight excluding hydrogens is 288 g/mol. The molecule has 92 valence electrons. The lowest BCUT2D eigenvalue weighted by Crippen LogP contribution is -2.15. The van der Waals surface area contributed by atoms with Gasteiger partial charge in [-0.3, -0.25) is 0 Å². The second-order valence-electron chi connectivity index (χ2n) is 4.65. The predicted molar refractivity (Wildman–Crippen MR) is 78.4 cm³/mol.